The summed E-state index contributed by atoms with van der Waals surface area (Å²) in [6.45, 7) is 1.31. The van der Waals surface area contributed by atoms with E-state index in [4.69, 9.17) is 9.84 Å². The lowest BCUT2D eigenvalue weighted by molar-refractivity contribution is -0.141. The molecule has 1 saturated heterocycles. The molecule has 0 saturated carbocycles. The molecule has 0 bridgehead atoms. The Labute approximate surface area is 75.9 Å². The van der Waals surface area contributed by atoms with Gasteiger partial charge in [0.1, 0.15) is 6.04 Å². The van der Waals surface area contributed by atoms with Gasteiger partial charge in [-0.05, 0) is 0 Å². The summed E-state index contributed by atoms with van der Waals surface area (Å²) in [4.78, 5) is 12.6. The van der Waals surface area contributed by atoms with Crippen LogP contribution >= 0.6 is 11.8 Å². The molecule has 0 aromatic carbocycles. The SMILES string of the molecule is COCCN1CSCC1C(=O)O. The largest absolute Gasteiger partial charge is 0.480 e. The molecular formula is C7H13NO3S. The number of aliphatic carboxylic acids is 1. The van der Waals surface area contributed by atoms with E-state index >= 15 is 0 Å². The summed E-state index contributed by atoms with van der Waals surface area (Å²) in [5.41, 5.74) is 0. The van der Waals surface area contributed by atoms with Gasteiger partial charge in [0.25, 0.3) is 0 Å². The minimum Gasteiger partial charge on any atom is -0.480 e. The minimum atomic E-state index is -0.726. The highest BCUT2D eigenvalue weighted by Crippen LogP contribution is 2.20. The normalized spacial score (nSPS) is 24.6. The molecule has 0 radical (unpaired) electrons. The number of carboxylic acids is 1. The fourth-order valence-corrected chi connectivity index (χ4v) is 2.36. The van der Waals surface area contributed by atoms with Crippen LogP contribution in [0.5, 0.6) is 0 Å². The predicted octanol–water partition coefficient (Wildman–Crippen LogP) is 0.0923. The monoisotopic (exact) mass is 191 g/mol. The van der Waals surface area contributed by atoms with Gasteiger partial charge in [-0.3, -0.25) is 9.69 Å². The van der Waals surface area contributed by atoms with E-state index in [0.29, 0.717) is 18.9 Å². The molecule has 0 amide bonds. The first-order chi connectivity index (χ1) is 5.75. The third-order valence-corrected chi connectivity index (χ3v) is 2.91. The van der Waals surface area contributed by atoms with Crippen molar-refractivity contribution in [2.75, 3.05) is 31.9 Å². The summed E-state index contributed by atoms with van der Waals surface area (Å²) < 4.78 is 4.89. The Morgan fingerprint density at radius 1 is 1.83 bits per heavy atom. The molecular weight excluding hydrogens is 178 g/mol. The van der Waals surface area contributed by atoms with Gasteiger partial charge in [-0.15, -0.1) is 11.8 Å². The second-order valence-corrected chi connectivity index (χ2v) is 3.66. The van der Waals surface area contributed by atoms with E-state index < -0.39 is 5.97 Å². The summed E-state index contributed by atoms with van der Waals surface area (Å²) in [5.74, 6) is 0.774. The standard InChI is InChI=1S/C7H13NO3S/c1-11-3-2-8-5-12-4-6(8)7(9)10/h6H,2-5H2,1H3,(H,9,10). The Kier molecular flexibility index (Phi) is 3.84. The Morgan fingerprint density at radius 2 is 2.58 bits per heavy atom. The van der Waals surface area contributed by atoms with E-state index in [2.05, 4.69) is 0 Å². The van der Waals surface area contributed by atoms with Crippen LogP contribution in [0.4, 0.5) is 0 Å². The number of ether oxygens (including phenoxy) is 1. The molecule has 1 aliphatic rings. The first-order valence-corrected chi connectivity index (χ1v) is 4.94. The van der Waals surface area contributed by atoms with E-state index in [-0.39, 0.29) is 6.04 Å². The molecule has 0 aliphatic carbocycles. The van der Waals surface area contributed by atoms with Crippen LogP contribution in [0.25, 0.3) is 0 Å². The zero-order valence-electron chi connectivity index (χ0n) is 7.02. The number of rotatable bonds is 4. The highest BCUT2D eigenvalue weighted by Gasteiger charge is 2.30. The van der Waals surface area contributed by atoms with Crippen molar-refractivity contribution in [3.8, 4) is 0 Å². The molecule has 1 aliphatic heterocycles. The van der Waals surface area contributed by atoms with Crippen LogP contribution in [0, 0.1) is 0 Å². The van der Waals surface area contributed by atoms with Crippen molar-refractivity contribution < 1.29 is 14.6 Å². The van der Waals surface area contributed by atoms with Gasteiger partial charge in [0.05, 0.1) is 6.61 Å². The topological polar surface area (TPSA) is 49.8 Å². The van der Waals surface area contributed by atoms with Gasteiger partial charge in [-0.1, -0.05) is 0 Å². The highest BCUT2D eigenvalue weighted by atomic mass is 32.2. The van der Waals surface area contributed by atoms with Crippen molar-refractivity contribution >= 4 is 17.7 Å². The van der Waals surface area contributed by atoms with E-state index in [1.54, 1.807) is 18.9 Å². The third-order valence-electron chi connectivity index (χ3n) is 1.84. The predicted molar refractivity (Wildman–Crippen MR) is 47.3 cm³/mol. The quantitative estimate of drug-likeness (QED) is 0.682. The van der Waals surface area contributed by atoms with Gasteiger partial charge >= 0.3 is 5.97 Å². The maximum Gasteiger partial charge on any atom is 0.321 e. The second-order valence-electron chi connectivity index (χ2n) is 2.66. The molecule has 70 valence electrons. The molecule has 1 unspecified atom stereocenters. The zero-order chi connectivity index (χ0) is 8.97. The molecule has 0 spiro atoms. The van der Waals surface area contributed by atoms with Gasteiger partial charge < -0.3 is 9.84 Å². The second kappa shape index (κ2) is 4.69. The number of carboxylic acid groups (broad SMARTS) is 1. The molecule has 4 nitrogen and oxygen atoms in total. The van der Waals surface area contributed by atoms with Crippen LogP contribution < -0.4 is 0 Å². The maximum absolute atomic E-state index is 10.7. The maximum atomic E-state index is 10.7. The molecule has 1 atom stereocenters. The van der Waals surface area contributed by atoms with Crippen LogP contribution in [0.2, 0.25) is 0 Å². The van der Waals surface area contributed by atoms with Crippen molar-refractivity contribution in [3.63, 3.8) is 0 Å². The molecule has 1 N–H and O–H groups in total. The van der Waals surface area contributed by atoms with Crippen LogP contribution in [0.15, 0.2) is 0 Å². The van der Waals surface area contributed by atoms with Gasteiger partial charge in [-0.2, -0.15) is 0 Å². The van der Waals surface area contributed by atoms with E-state index in [0.717, 1.165) is 5.88 Å². The van der Waals surface area contributed by atoms with Crippen molar-refractivity contribution in [2.45, 2.75) is 6.04 Å². The number of hydrogen-bond acceptors (Lipinski definition) is 4. The smallest absolute Gasteiger partial charge is 0.321 e. The number of thioether (sulfide) groups is 1. The molecule has 0 aromatic rings. The summed E-state index contributed by atoms with van der Waals surface area (Å²) in [7, 11) is 1.62. The first kappa shape index (κ1) is 9.83. The molecule has 12 heavy (non-hydrogen) atoms. The highest BCUT2D eigenvalue weighted by molar-refractivity contribution is 7.99. The third kappa shape index (κ3) is 2.36. The van der Waals surface area contributed by atoms with E-state index in [9.17, 15) is 4.79 Å². The fourth-order valence-electron chi connectivity index (χ4n) is 1.13. The van der Waals surface area contributed by atoms with Crippen LogP contribution in [-0.4, -0.2) is 53.9 Å². The number of methoxy groups -OCH3 is 1. The lowest BCUT2D eigenvalue weighted by Crippen LogP contribution is -2.39. The van der Waals surface area contributed by atoms with E-state index in [1.165, 1.54) is 0 Å². The number of carbonyl (C=O) groups is 1. The molecule has 1 rings (SSSR count). The van der Waals surface area contributed by atoms with Crippen LogP contribution in [0.3, 0.4) is 0 Å². The van der Waals surface area contributed by atoms with Gasteiger partial charge in [0.2, 0.25) is 0 Å². The average molecular weight is 191 g/mol. The fraction of sp³-hybridized carbons (Fsp3) is 0.857. The Bertz CT molecular complexity index is 165. The van der Waals surface area contributed by atoms with Crippen molar-refractivity contribution in [3.05, 3.63) is 0 Å². The molecule has 0 aromatic heterocycles. The summed E-state index contributed by atoms with van der Waals surface area (Å²) in [6.07, 6.45) is 0. The number of nitrogens with zero attached hydrogens (tertiary/aromatic N) is 1. The molecule has 5 heteroatoms. The Hall–Kier alpha value is -0.260. The zero-order valence-corrected chi connectivity index (χ0v) is 7.84. The van der Waals surface area contributed by atoms with Crippen LogP contribution in [-0.2, 0) is 9.53 Å². The van der Waals surface area contributed by atoms with Crippen molar-refractivity contribution in [1.29, 1.82) is 0 Å². The molecule has 1 fully saturated rings. The molecule has 1 heterocycles. The minimum absolute atomic E-state index is 0.315. The van der Waals surface area contributed by atoms with Crippen LogP contribution in [0.1, 0.15) is 0 Å². The summed E-state index contributed by atoms with van der Waals surface area (Å²) in [5, 5.41) is 8.79. The summed E-state index contributed by atoms with van der Waals surface area (Å²) >= 11 is 1.66. The van der Waals surface area contributed by atoms with Gasteiger partial charge in [-0.25, -0.2) is 0 Å². The van der Waals surface area contributed by atoms with Crippen molar-refractivity contribution in [1.82, 2.24) is 4.90 Å². The lowest BCUT2D eigenvalue weighted by Gasteiger charge is -2.18. The van der Waals surface area contributed by atoms with Gasteiger partial charge in [0, 0.05) is 25.3 Å². The summed E-state index contributed by atoms with van der Waals surface area (Å²) in [6, 6.07) is -0.315. The van der Waals surface area contributed by atoms with E-state index in [1.807, 2.05) is 4.90 Å². The van der Waals surface area contributed by atoms with Gasteiger partial charge in [0.15, 0.2) is 0 Å². The Morgan fingerprint density at radius 3 is 3.17 bits per heavy atom. The first-order valence-electron chi connectivity index (χ1n) is 3.79. The Balaban J connectivity index is 2.35. The number of hydrogen-bond donors (Lipinski definition) is 1. The lowest BCUT2D eigenvalue weighted by atomic mass is 10.3. The van der Waals surface area contributed by atoms with Crippen molar-refractivity contribution in [2.24, 2.45) is 0 Å². The average Bonchev–Trinajstić information content (AvgIpc) is 2.48.